The smallest absolute Gasteiger partial charge is 0.383 e. The van der Waals surface area contributed by atoms with Gasteiger partial charge in [-0.3, -0.25) is 0 Å². The van der Waals surface area contributed by atoms with E-state index >= 15 is 0 Å². The normalized spacial score (nSPS) is 11.5. The third kappa shape index (κ3) is 5.62. The van der Waals surface area contributed by atoms with Gasteiger partial charge in [0.25, 0.3) is 0 Å². The zero-order valence-electron chi connectivity index (χ0n) is 15.9. The number of aliphatic hydroxyl groups is 1. The van der Waals surface area contributed by atoms with E-state index in [0.29, 0.717) is 5.39 Å². The molecule has 6 nitrogen and oxygen atoms in total. The van der Waals surface area contributed by atoms with Crippen LogP contribution in [0.25, 0.3) is 11.0 Å². The maximum Gasteiger partial charge on any atom is 0.383 e. The molecule has 0 saturated heterocycles. The number of aromatic hydroxyl groups is 1. The molecule has 146 valence electrons. The lowest BCUT2D eigenvalue weighted by Gasteiger charge is -2.10. The van der Waals surface area contributed by atoms with Crippen LogP contribution in [0.15, 0.2) is 50.7 Å². The van der Waals surface area contributed by atoms with Crippen LogP contribution in [0, 0.1) is 0 Å². The highest BCUT2D eigenvalue weighted by molar-refractivity contribution is 5.89. The van der Waals surface area contributed by atoms with Crippen LogP contribution in [-0.2, 0) is 0 Å². The second-order valence-electron chi connectivity index (χ2n) is 6.45. The summed E-state index contributed by atoms with van der Waals surface area (Å²) < 4.78 is 16.1. The van der Waals surface area contributed by atoms with Crippen molar-refractivity contribution in [3.05, 3.63) is 51.9 Å². The summed E-state index contributed by atoms with van der Waals surface area (Å²) in [5, 5.41) is 19.6. The number of benzene rings is 1. The van der Waals surface area contributed by atoms with Crippen molar-refractivity contribution in [3.8, 4) is 17.2 Å². The lowest BCUT2D eigenvalue weighted by atomic mass is 10.1. The van der Waals surface area contributed by atoms with Gasteiger partial charge in [-0.1, -0.05) is 23.3 Å². The van der Waals surface area contributed by atoms with E-state index in [-0.39, 0.29) is 42.7 Å². The largest absolute Gasteiger partial charge is 0.504 e. The minimum absolute atomic E-state index is 0.0542. The lowest BCUT2D eigenvalue weighted by Crippen LogP contribution is -2.09. The van der Waals surface area contributed by atoms with Crippen molar-refractivity contribution in [2.45, 2.75) is 33.6 Å². The molecule has 6 heteroatoms. The summed E-state index contributed by atoms with van der Waals surface area (Å²) in [5.74, 6) is -0.239. The summed E-state index contributed by atoms with van der Waals surface area (Å²) in [7, 11) is 0. The van der Waals surface area contributed by atoms with Crippen LogP contribution in [0.2, 0.25) is 0 Å². The molecule has 0 atom stereocenters. The molecule has 0 amide bonds. The van der Waals surface area contributed by atoms with E-state index in [9.17, 15) is 9.90 Å². The Hall–Kier alpha value is -2.73. The highest BCUT2D eigenvalue weighted by Gasteiger charge is 2.17. The van der Waals surface area contributed by atoms with Gasteiger partial charge in [0.1, 0.15) is 13.2 Å². The fraction of sp³-hybridized carbons (Fsp3) is 0.381. The number of fused-ring (bicyclic) bond motifs is 1. The Morgan fingerprint density at radius 2 is 1.96 bits per heavy atom. The standard InChI is InChI=1S/C21H26O6/c1-14(2)6-4-7-15(3)10-12-26-20-18(23)16-8-5-9-17(25-13-11-22)19(16)27-21(20)24/h5-6,8-10,22-23H,4,7,11-13H2,1-3H3. The Balaban J connectivity index is 2.17. The molecule has 2 aromatic rings. The maximum absolute atomic E-state index is 12.2. The van der Waals surface area contributed by atoms with Gasteiger partial charge < -0.3 is 24.1 Å². The molecule has 0 aliphatic carbocycles. The van der Waals surface area contributed by atoms with Crippen LogP contribution in [0.4, 0.5) is 0 Å². The van der Waals surface area contributed by atoms with Crippen molar-refractivity contribution < 1.29 is 24.1 Å². The minimum atomic E-state index is -0.782. The second kappa shape index (κ2) is 9.83. The highest BCUT2D eigenvalue weighted by atomic mass is 16.5. The van der Waals surface area contributed by atoms with Gasteiger partial charge in [-0.25, -0.2) is 4.79 Å². The van der Waals surface area contributed by atoms with Gasteiger partial charge in [-0.15, -0.1) is 0 Å². The van der Waals surface area contributed by atoms with E-state index < -0.39 is 5.63 Å². The van der Waals surface area contributed by atoms with E-state index in [1.54, 1.807) is 18.2 Å². The predicted molar refractivity (Wildman–Crippen MR) is 105 cm³/mol. The van der Waals surface area contributed by atoms with Gasteiger partial charge >= 0.3 is 5.63 Å². The van der Waals surface area contributed by atoms with Gasteiger partial charge in [0.2, 0.25) is 5.75 Å². The fourth-order valence-electron chi connectivity index (χ4n) is 2.52. The molecule has 1 heterocycles. The van der Waals surface area contributed by atoms with Crippen LogP contribution >= 0.6 is 0 Å². The summed E-state index contributed by atoms with van der Waals surface area (Å²) >= 11 is 0. The average molecular weight is 374 g/mol. The Bertz CT molecular complexity index is 887. The number of aliphatic hydroxyl groups excluding tert-OH is 1. The van der Waals surface area contributed by atoms with Crippen LogP contribution < -0.4 is 15.1 Å². The quantitative estimate of drug-likeness (QED) is 0.510. The monoisotopic (exact) mass is 374 g/mol. The number of para-hydroxylation sites is 1. The van der Waals surface area contributed by atoms with Crippen LogP contribution in [-0.4, -0.2) is 30.0 Å². The number of hydrogen-bond donors (Lipinski definition) is 2. The van der Waals surface area contributed by atoms with Crippen molar-refractivity contribution in [3.63, 3.8) is 0 Å². The molecule has 1 aromatic carbocycles. The lowest BCUT2D eigenvalue weighted by molar-refractivity contribution is 0.201. The molecular weight excluding hydrogens is 348 g/mol. The Labute approximate surface area is 158 Å². The predicted octanol–water partition coefficient (Wildman–Crippen LogP) is 3.94. The van der Waals surface area contributed by atoms with Crippen molar-refractivity contribution in [2.24, 2.45) is 0 Å². The molecule has 0 bridgehead atoms. The van der Waals surface area contributed by atoms with Crippen LogP contribution in [0.1, 0.15) is 33.6 Å². The fourth-order valence-corrected chi connectivity index (χ4v) is 2.52. The summed E-state index contributed by atoms with van der Waals surface area (Å²) in [6, 6.07) is 4.86. The summed E-state index contributed by atoms with van der Waals surface area (Å²) in [6.45, 7) is 6.15. The van der Waals surface area contributed by atoms with E-state index in [1.165, 1.54) is 5.57 Å². The number of hydrogen-bond acceptors (Lipinski definition) is 6. The van der Waals surface area contributed by atoms with Crippen molar-refractivity contribution >= 4 is 11.0 Å². The van der Waals surface area contributed by atoms with E-state index in [1.807, 2.05) is 13.0 Å². The summed E-state index contributed by atoms with van der Waals surface area (Å²) in [4.78, 5) is 12.2. The highest BCUT2D eigenvalue weighted by Crippen LogP contribution is 2.35. The molecule has 2 rings (SSSR count). The molecular formula is C21H26O6. The summed E-state index contributed by atoms with van der Waals surface area (Å²) in [6.07, 6.45) is 5.89. The SMILES string of the molecule is CC(C)=CCCC(C)=CCOc1c(O)c2cccc(OCCO)c2oc1=O. The van der Waals surface area contributed by atoms with Crippen molar-refractivity contribution in [1.29, 1.82) is 0 Å². The molecule has 0 unspecified atom stereocenters. The Morgan fingerprint density at radius 1 is 1.19 bits per heavy atom. The van der Waals surface area contributed by atoms with E-state index in [2.05, 4.69) is 19.9 Å². The summed E-state index contributed by atoms with van der Waals surface area (Å²) in [5.41, 5.74) is 1.75. The van der Waals surface area contributed by atoms with Crippen molar-refractivity contribution in [1.82, 2.24) is 0 Å². The molecule has 0 fully saturated rings. The van der Waals surface area contributed by atoms with Gasteiger partial charge in [0.15, 0.2) is 17.1 Å². The molecule has 2 N–H and O–H groups in total. The Kier molecular flexibility index (Phi) is 7.49. The molecule has 0 radical (unpaired) electrons. The maximum atomic E-state index is 12.2. The average Bonchev–Trinajstić information content (AvgIpc) is 2.62. The van der Waals surface area contributed by atoms with Crippen LogP contribution in [0.3, 0.4) is 0 Å². The second-order valence-corrected chi connectivity index (χ2v) is 6.45. The molecule has 0 aliphatic heterocycles. The molecule has 0 spiro atoms. The number of rotatable bonds is 9. The zero-order chi connectivity index (χ0) is 19.8. The Morgan fingerprint density at radius 3 is 2.67 bits per heavy atom. The van der Waals surface area contributed by atoms with Crippen LogP contribution in [0.5, 0.6) is 17.2 Å². The minimum Gasteiger partial charge on any atom is -0.504 e. The van der Waals surface area contributed by atoms with Gasteiger partial charge in [0.05, 0.1) is 12.0 Å². The third-order valence-corrected chi connectivity index (χ3v) is 3.93. The van der Waals surface area contributed by atoms with Gasteiger partial charge in [-0.2, -0.15) is 0 Å². The molecule has 1 aromatic heterocycles. The number of ether oxygens (including phenoxy) is 2. The first kappa shape index (κ1) is 20.6. The van der Waals surface area contributed by atoms with E-state index in [4.69, 9.17) is 19.0 Å². The zero-order valence-corrected chi connectivity index (χ0v) is 15.9. The topological polar surface area (TPSA) is 89.1 Å². The first-order valence-electron chi connectivity index (χ1n) is 8.88. The molecule has 27 heavy (non-hydrogen) atoms. The van der Waals surface area contributed by atoms with E-state index in [0.717, 1.165) is 18.4 Å². The van der Waals surface area contributed by atoms with Crippen molar-refractivity contribution in [2.75, 3.05) is 19.8 Å². The number of allylic oxidation sites excluding steroid dienone is 3. The van der Waals surface area contributed by atoms with Gasteiger partial charge in [0, 0.05) is 0 Å². The van der Waals surface area contributed by atoms with Gasteiger partial charge in [-0.05, 0) is 51.8 Å². The first-order valence-corrected chi connectivity index (χ1v) is 8.88. The third-order valence-electron chi connectivity index (χ3n) is 3.93. The molecule has 0 aliphatic rings. The molecule has 0 saturated carbocycles. The first-order chi connectivity index (χ1) is 12.9.